The van der Waals surface area contributed by atoms with E-state index < -0.39 is 6.10 Å². The van der Waals surface area contributed by atoms with E-state index in [1.54, 1.807) is 10.9 Å². The van der Waals surface area contributed by atoms with Crippen LogP contribution in [0.15, 0.2) is 12.4 Å². The van der Waals surface area contributed by atoms with Gasteiger partial charge in [-0.1, -0.05) is 13.8 Å². The molecule has 0 amide bonds. The van der Waals surface area contributed by atoms with Gasteiger partial charge in [-0.3, -0.25) is 4.68 Å². The Morgan fingerprint density at radius 1 is 1.39 bits per heavy atom. The third-order valence-corrected chi connectivity index (χ3v) is 4.63. The van der Waals surface area contributed by atoms with E-state index in [0.717, 1.165) is 31.2 Å². The Labute approximate surface area is 109 Å². The van der Waals surface area contributed by atoms with Gasteiger partial charge in [0.15, 0.2) is 0 Å². The fourth-order valence-electron chi connectivity index (χ4n) is 2.95. The monoisotopic (exact) mass is 251 g/mol. The van der Waals surface area contributed by atoms with Crippen LogP contribution < -0.4 is 5.73 Å². The third-order valence-electron chi connectivity index (χ3n) is 4.63. The Balaban J connectivity index is 2.18. The number of nitrogens with zero attached hydrogens (tertiary/aromatic N) is 2. The van der Waals surface area contributed by atoms with Gasteiger partial charge >= 0.3 is 0 Å². The summed E-state index contributed by atoms with van der Waals surface area (Å²) in [5.41, 5.74) is 7.09. The predicted octanol–water partition coefficient (Wildman–Crippen LogP) is 2.00. The van der Waals surface area contributed by atoms with Crippen molar-refractivity contribution in [3.8, 4) is 0 Å². The quantitative estimate of drug-likeness (QED) is 0.863. The van der Waals surface area contributed by atoms with E-state index in [0.29, 0.717) is 12.0 Å². The molecular formula is C14H25N3O. The Bertz CT molecular complexity index is 401. The van der Waals surface area contributed by atoms with Gasteiger partial charge in [0.2, 0.25) is 0 Å². The fraction of sp³-hybridized carbons (Fsp3) is 0.786. The lowest BCUT2D eigenvalue weighted by Gasteiger charge is -2.45. The zero-order valence-corrected chi connectivity index (χ0v) is 11.7. The first-order chi connectivity index (χ1) is 8.38. The molecule has 2 rings (SSSR count). The molecule has 0 saturated heterocycles. The number of nitrogens with two attached hydrogens (primary N) is 1. The second kappa shape index (κ2) is 4.67. The number of hydrogen-bond acceptors (Lipinski definition) is 3. The molecule has 1 aliphatic carbocycles. The van der Waals surface area contributed by atoms with Gasteiger partial charge in [0.1, 0.15) is 0 Å². The second-order valence-electron chi connectivity index (χ2n) is 6.58. The molecule has 0 spiro atoms. The summed E-state index contributed by atoms with van der Waals surface area (Å²) in [6.45, 7) is 5.13. The van der Waals surface area contributed by atoms with Gasteiger partial charge in [-0.15, -0.1) is 0 Å². The van der Waals surface area contributed by atoms with Crippen LogP contribution in [0.3, 0.4) is 0 Å². The Morgan fingerprint density at radius 3 is 2.44 bits per heavy atom. The van der Waals surface area contributed by atoms with Crippen LogP contribution in [0.25, 0.3) is 0 Å². The van der Waals surface area contributed by atoms with E-state index in [2.05, 4.69) is 18.9 Å². The topological polar surface area (TPSA) is 64.1 Å². The van der Waals surface area contributed by atoms with E-state index in [9.17, 15) is 5.11 Å². The number of aliphatic hydroxyl groups is 1. The highest BCUT2D eigenvalue weighted by Crippen LogP contribution is 2.50. The SMILES string of the molecule is Cn1cc(C(O)C2(CN)CCC(C)(C)CC2)cn1. The molecular weight excluding hydrogens is 226 g/mol. The standard InChI is InChI=1S/C14H25N3O/c1-13(2)4-6-14(10-15,7-5-13)12(18)11-8-16-17(3)9-11/h8-9,12,18H,4-7,10,15H2,1-3H3. The minimum Gasteiger partial charge on any atom is -0.388 e. The summed E-state index contributed by atoms with van der Waals surface area (Å²) in [4.78, 5) is 0. The average Bonchev–Trinajstić information content (AvgIpc) is 2.76. The molecule has 1 aromatic heterocycles. The van der Waals surface area contributed by atoms with Crippen molar-refractivity contribution in [3.05, 3.63) is 18.0 Å². The molecule has 1 aliphatic rings. The number of aromatic nitrogens is 2. The van der Waals surface area contributed by atoms with Crippen molar-refractivity contribution >= 4 is 0 Å². The van der Waals surface area contributed by atoms with Gasteiger partial charge in [0, 0.05) is 30.8 Å². The van der Waals surface area contributed by atoms with Crippen LogP contribution in [0.4, 0.5) is 0 Å². The molecule has 1 unspecified atom stereocenters. The zero-order valence-electron chi connectivity index (χ0n) is 11.7. The zero-order chi connectivity index (χ0) is 13.4. The first-order valence-electron chi connectivity index (χ1n) is 6.75. The third kappa shape index (κ3) is 2.45. The largest absolute Gasteiger partial charge is 0.388 e. The molecule has 1 heterocycles. The molecule has 1 aromatic rings. The van der Waals surface area contributed by atoms with E-state index in [-0.39, 0.29) is 5.41 Å². The van der Waals surface area contributed by atoms with Crippen LogP contribution >= 0.6 is 0 Å². The molecule has 0 aliphatic heterocycles. The molecule has 0 radical (unpaired) electrons. The van der Waals surface area contributed by atoms with Crippen LogP contribution in [-0.4, -0.2) is 21.4 Å². The molecule has 4 nitrogen and oxygen atoms in total. The summed E-state index contributed by atoms with van der Waals surface area (Å²) < 4.78 is 1.73. The number of aryl methyl sites for hydroxylation is 1. The van der Waals surface area contributed by atoms with Crippen molar-refractivity contribution in [1.29, 1.82) is 0 Å². The molecule has 1 saturated carbocycles. The van der Waals surface area contributed by atoms with Gasteiger partial charge in [-0.05, 0) is 31.1 Å². The summed E-state index contributed by atoms with van der Waals surface area (Å²) >= 11 is 0. The summed E-state index contributed by atoms with van der Waals surface area (Å²) in [6, 6.07) is 0. The lowest BCUT2D eigenvalue weighted by Crippen LogP contribution is -2.41. The summed E-state index contributed by atoms with van der Waals surface area (Å²) in [6.07, 6.45) is 7.39. The molecule has 1 atom stereocenters. The van der Waals surface area contributed by atoms with Crippen LogP contribution in [0, 0.1) is 10.8 Å². The van der Waals surface area contributed by atoms with Gasteiger partial charge in [-0.25, -0.2) is 0 Å². The highest BCUT2D eigenvalue weighted by atomic mass is 16.3. The van der Waals surface area contributed by atoms with Crippen LogP contribution in [0.2, 0.25) is 0 Å². The smallest absolute Gasteiger partial charge is 0.0888 e. The van der Waals surface area contributed by atoms with Gasteiger partial charge < -0.3 is 10.8 Å². The Kier molecular flexibility index (Phi) is 3.52. The average molecular weight is 251 g/mol. The molecule has 4 heteroatoms. The van der Waals surface area contributed by atoms with E-state index in [1.165, 1.54) is 0 Å². The maximum absolute atomic E-state index is 10.6. The normalized spacial score (nSPS) is 23.8. The van der Waals surface area contributed by atoms with Crippen molar-refractivity contribution < 1.29 is 5.11 Å². The summed E-state index contributed by atoms with van der Waals surface area (Å²) in [5, 5.41) is 14.8. The van der Waals surface area contributed by atoms with Gasteiger partial charge in [0.05, 0.1) is 12.3 Å². The maximum Gasteiger partial charge on any atom is 0.0888 e. The highest BCUT2D eigenvalue weighted by Gasteiger charge is 2.43. The fourth-order valence-corrected chi connectivity index (χ4v) is 2.95. The molecule has 3 N–H and O–H groups in total. The molecule has 1 fully saturated rings. The van der Waals surface area contributed by atoms with Crippen molar-refractivity contribution in [2.75, 3.05) is 6.54 Å². The van der Waals surface area contributed by atoms with Crippen LogP contribution in [-0.2, 0) is 7.05 Å². The van der Waals surface area contributed by atoms with Crippen molar-refractivity contribution in [2.24, 2.45) is 23.6 Å². The highest BCUT2D eigenvalue weighted by molar-refractivity contribution is 5.13. The lowest BCUT2D eigenvalue weighted by molar-refractivity contribution is -0.0236. The first kappa shape index (κ1) is 13.6. The minimum atomic E-state index is -0.493. The van der Waals surface area contributed by atoms with E-state index in [1.807, 2.05) is 13.2 Å². The number of hydrogen-bond donors (Lipinski definition) is 2. The minimum absolute atomic E-state index is 0.168. The predicted molar refractivity (Wildman–Crippen MR) is 71.9 cm³/mol. The van der Waals surface area contributed by atoms with Crippen LogP contribution in [0.1, 0.15) is 51.2 Å². The lowest BCUT2D eigenvalue weighted by atomic mass is 9.62. The van der Waals surface area contributed by atoms with Gasteiger partial charge in [0.25, 0.3) is 0 Å². The van der Waals surface area contributed by atoms with Crippen molar-refractivity contribution in [2.45, 2.75) is 45.6 Å². The molecule has 18 heavy (non-hydrogen) atoms. The van der Waals surface area contributed by atoms with Crippen molar-refractivity contribution in [1.82, 2.24) is 9.78 Å². The van der Waals surface area contributed by atoms with E-state index >= 15 is 0 Å². The van der Waals surface area contributed by atoms with Crippen molar-refractivity contribution in [3.63, 3.8) is 0 Å². The maximum atomic E-state index is 10.6. The number of aliphatic hydroxyl groups excluding tert-OH is 1. The molecule has 0 bridgehead atoms. The van der Waals surface area contributed by atoms with Crippen LogP contribution in [0.5, 0.6) is 0 Å². The first-order valence-corrected chi connectivity index (χ1v) is 6.75. The summed E-state index contributed by atoms with van der Waals surface area (Å²) in [7, 11) is 1.87. The number of rotatable bonds is 3. The summed E-state index contributed by atoms with van der Waals surface area (Å²) in [5.74, 6) is 0. The molecule has 102 valence electrons. The van der Waals surface area contributed by atoms with Gasteiger partial charge in [-0.2, -0.15) is 5.10 Å². The second-order valence-corrected chi connectivity index (χ2v) is 6.58. The molecule has 0 aromatic carbocycles. The Morgan fingerprint density at radius 2 is 2.00 bits per heavy atom. The Hall–Kier alpha value is -0.870. The van der Waals surface area contributed by atoms with E-state index in [4.69, 9.17) is 5.73 Å².